The van der Waals surface area contributed by atoms with Crippen molar-refractivity contribution in [2.45, 2.75) is 13.2 Å². The Morgan fingerprint density at radius 3 is 2.62 bits per heavy atom. The van der Waals surface area contributed by atoms with Crippen molar-refractivity contribution < 1.29 is 19.0 Å². The van der Waals surface area contributed by atoms with Crippen molar-refractivity contribution in [2.24, 2.45) is 0 Å². The minimum atomic E-state index is -0.254. The number of hydrogen-bond acceptors (Lipinski definition) is 4. The average Bonchev–Trinajstić information content (AvgIpc) is 2.58. The van der Waals surface area contributed by atoms with Crippen LogP contribution >= 0.6 is 15.9 Å². The lowest BCUT2D eigenvalue weighted by Gasteiger charge is -2.13. The summed E-state index contributed by atoms with van der Waals surface area (Å²) in [6.07, 6.45) is 0. The summed E-state index contributed by atoms with van der Waals surface area (Å²) in [4.78, 5) is 0. The maximum Gasteiger partial charge on any atom is 0.124 e. The molecule has 2 rings (SSSR count). The van der Waals surface area contributed by atoms with E-state index in [0.29, 0.717) is 32.9 Å². The molecule has 0 saturated heterocycles. The molecule has 0 amide bonds. The topological polar surface area (TPSA) is 50.7 Å². The largest absolute Gasteiger partial charge is 0.489 e. The van der Waals surface area contributed by atoms with E-state index in [2.05, 4.69) is 21.2 Å². The van der Waals surface area contributed by atoms with Crippen molar-refractivity contribution in [3.63, 3.8) is 0 Å². The highest BCUT2D eigenvalue weighted by molar-refractivity contribution is 9.10. The molecule has 0 heterocycles. The van der Waals surface area contributed by atoms with E-state index in [9.17, 15) is 4.39 Å². The van der Waals surface area contributed by atoms with Crippen molar-refractivity contribution in [1.29, 1.82) is 0 Å². The second-order valence-corrected chi connectivity index (χ2v) is 6.10. The molecular formula is C18H21BrFNO3. The number of hydrogen-bond donors (Lipinski definition) is 2. The van der Waals surface area contributed by atoms with Crippen LogP contribution in [0.15, 0.2) is 46.9 Å². The number of benzene rings is 2. The van der Waals surface area contributed by atoms with Crippen LogP contribution in [0.5, 0.6) is 5.75 Å². The molecule has 0 saturated carbocycles. The summed E-state index contributed by atoms with van der Waals surface area (Å²) >= 11 is 3.47. The fraction of sp³-hybridized carbons (Fsp3) is 0.333. The van der Waals surface area contributed by atoms with Gasteiger partial charge in [-0.2, -0.15) is 0 Å². The average molecular weight is 398 g/mol. The molecule has 0 bridgehead atoms. The van der Waals surface area contributed by atoms with Gasteiger partial charge < -0.3 is 19.9 Å². The molecule has 0 spiro atoms. The van der Waals surface area contributed by atoms with E-state index in [1.165, 1.54) is 12.1 Å². The maximum absolute atomic E-state index is 12.9. The van der Waals surface area contributed by atoms with Gasteiger partial charge in [0.25, 0.3) is 0 Å². The van der Waals surface area contributed by atoms with Crippen LogP contribution in [0.2, 0.25) is 0 Å². The predicted molar refractivity (Wildman–Crippen MR) is 94.5 cm³/mol. The normalized spacial score (nSPS) is 10.8. The molecule has 24 heavy (non-hydrogen) atoms. The van der Waals surface area contributed by atoms with Gasteiger partial charge in [-0.25, -0.2) is 4.39 Å². The fourth-order valence-corrected chi connectivity index (χ4v) is 2.51. The van der Waals surface area contributed by atoms with Gasteiger partial charge in [0.15, 0.2) is 0 Å². The Kier molecular flexibility index (Phi) is 8.18. The van der Waals surface area contributed by atoms with Crippen LogP contribution in [0.4, 0.5) is 4.39 Å². The Morgan fingerprint density at radius 2 is 1.88 bits per heavy atom. The van der Waals surface area contributed by atoms with Gasteiger partial charge in [-0.1, -0.05) is 28.1 Å². The van der Waals surface area contributed by atoms with Gasteiger partial charge in [0.05, 0.1) is 19.8 Å². The maximum atomic E-state index is 12.9. The van der Waals surface area contributed by atoms with Gasteiger partial charge in [0.2, 0.25) is 0 Å². The molecule has 4 nitrogen and oxygen atoms in total. The number of aliphatic hydroxyl groups excluding tert-OH is 1. The summed E-state index contributed by atoms with van der Waals surface area (Å²) < 4.78 is 25.0. The molecule has 130 valence electrons. The van der Waals surface area contributed by atoms with E-state index in [1.807, 2.05) is 18.2 Å². The fourth-order valence-electron chi connectivity index (χ4n) is 2.10. The zero-order valence-corrected chi connectivity index (χ0v) is 14.9. The quantitative estimate of drug-likeness (QED) is 0.604. The number of aliphatic hydroxyl groups is 1. The zero-order chi connectivity index (χ0) is 17.2. The second-order valence-electron chi connectivity index (χ2n) is 5.18. The summed E-state index contributed by atoms with van der Waals surface area (Å²) in [5, 5.41) is 11.9. The van der Waals surface area contributed by atoms with E-state index < -0.39 is 0 Å². The van der Waals surface area contributed by atoms with Gasteiger partial charge >= 0.3 is 0 Å². The first-order valence-corrected chi connectivity index (χ1v) is 8.53. The third kappa shape index (κ3) is 6.57. The highest BCUT2D eigenvalue weighted by atomic mass is 79.9. The summed E-state index contributed by atoms with van der Waals surface area (Å²) in [6.45, 7) is 2.64. The number of rotatable bonds is 10. The first-order valence-electron chi connectivity index (χ1n) is 7.74. The van der Waals surface area contributed by atoms with Gasteiger partial charge in [0.1, 0.15) is 18.2 Å². The molecule has 0 aliphatic heterocycles. The van der Waals surface area contributed by atoms with E-state index in [1.54, 1.807) is 12.1 Å². The van der Waals surface area contributed by atoms with Gasteiger partial charge in [0, 0.05) is 23.1 Å². The molecule has 0 fully saturated rings. The van der Waals surface area contributed by atoms with E-state index in [4.69, 9.17) is 14.6 Å². The minimum absolute atomic E-state index is 0.0347. The van der Waals surface area contributed by atoms with Crippen LogP contribution in [0.25, 0.3) is 0 Å². The molecule has 0 unspecified atom stereocenters. The Hall–Kier alpha value is -1.47. The molecule has 0 aromatic heterocycles. The summed E-state index contributed by atoms with van der Waals surface area (Å²) in [5.74, 6) is 0.530. The Labute approximate surface area is 149 Å². The van der Waals surface area contributed by atoms with E-state index in [-0.39, 0.29) is 12.4 Å². The molecule has 2 N–H and O–H groups in total. The number of ether oxygens (including phenoxy) is 2. The smallest absolute Gasteiger partial charge is 0.124 e. The van der Waals surface area contributed by atoms with Crippen LogP contribution in [0, 0.1) is 5.82 Å². The molecule has 2 aromatic rings. The molecule has 6 heteroatoms. The van der Waals surface area contributed by atoms with Crippen LogP contribution in [0.1, 0.15) is 11.1 Å². The minimum Gasteiger partial charge on any atom is -0.489 e. The van der Waals surface area contributed by atoms with E-state index in [0.717, 1.165) is 21.3 Å². The third-order valence-electron chi connectivity index (χ3n) is 3.30. The Bertz CT molecular complexity index is 622. The monoisotopic (exact) mass is 397 g/mol. The van der Waals surface area contributed by atoms with Crippen molar-refractivity contribution in [1.82, 2.24) is 5.32 Å². The summed E-state index contributed by atoms with van der Waals surface area (Å²) in [7, 11) is 0. The summed E-state index contributed by atoms with van der Waals surface area (Å²) in [5.41, 5.74) is 1.93. The first kappa shape index (κ1) is 18.9. The predicted octanol–water partition coefficient (Wildman–Crippen LogP) is 3.27. The zero-order valence-electron chi connectivity index (χ0n) is 13.3. The van der Waals surface area contributed by atoms with Crippen molar-refractivity contribution >= 4 is 15.9 Å². The van der Waals surface area contributed by atoms with Crippen molar-refractivity contribution in [2.75, 3.05) is 26.4 Å². The lowest BCUT2D eigenvalue weighted by Crippen LogP contribution is -2.20. The molecule has 0 aliphatic carbocycles. The van der Waals surface area contributed by atoms with Crippen molar-refractivity contribution in [3.05, 3.63) is 63.9 Å². The molecular weight excluding hydrogens is 377 g/mol. The number of halogens is 2. The molecule has 0 atom stereocenters. The van der Waals surface area contributed by atoms with Crippen LogP contribution < -0.4 is 10.1 Å². The Balaban J connectivity index is 1.88. The molecule has 2 aromatic carbocycles. The van der Waals surface area contributed by atoms with Gasteiger partial charge in [-0.15, -0.1) is 0 Å². The highest BCUT2D eigenvalue weighted by Gasteiger charge is 2.05. The molecule has 0 aliphatic rings. The molecule has 0 radical (unpaired) electrons. The van der Waals surface area contributed by atoms with Crippen LogP contribution in [-0.4, -0.2) is 31.5 Å². The third-order valence-corrected chi connectivity index (χ3v) is 3.80. The lowest BCUT2D eigenvalue weighted by molar-refractivity contribution is 0.0937. The number of nitrogens with one attached hydrogen (secondary N) is 1. The lowest BCUT2D eigenvalue weighted by atomic mass is 10.2. The first-order chi connectivity index (χ1) is 11.7. The van der Waals surface area contributed by atoms with Gasteiger partial charge in [-0.05, 0) is 35.9 Å². The SMILES string of the molecule is OCCOCCNCc1cc(Br)ccc1OCc1ccc(F)cc1. The second kappa shape index (κ2) is 10.4. The summed E-state index contributed by atoms with van der Waals surface area (Å²) in [6, 6.07) is 12.1. The van der Waals surface area contributed by atoms with E-state index >= 15 is 0 Å². The van der Waals surface area contributed by atoms with Crippen molar-refractivity contribution in [3.8, 4) is 5.75 Å². The van der Waals surface area contributed by atoms with Gasteiger partial charge in [-0.3, -0.25) is 0 Å². The van der Waals surface area contributed by atoms with Crippen LogP contribution in [0.3, 0.4) is 0 Å². The van der Waals surface area contributed by atoms with Crippen LogP contribution in [-0.2, 0) is 17.9 Å². The highest BCUT2D eigenvalue weighted by Crippen LogP contribution is 2.24. The Morgan fingerprint density at radius 1 is 1.08 bits per heavy atom. The standard InChI is InChI=1S/C18H21BrFNO3/c19-16-3-6-18(24-13-14-1-4-17(20)5-2-14)15(11-16)12-21-7-9-23-10-8-22/h1-6,11,21-22H,7-10,12-13H2.